The molecule has 0 bridgehead atoms. The monoisotopic (exact) mass is 210 g/mol. The third-order valence-corrected chi connectivity index (χ3v) is 1.66. The molecule has 0 unspecified atom stereocenters. The maximum Gasteiger partial charge on any atom is 0.176 e. The van der Waals surface area contributed by atoms with Crippen molar-refractivity contribution in [2.75, 3.05) is 14.1 Å². The summed E-state index contributed by atoms with van der Waals surface area (Å²) in [6, 6.07) is 6.97. The first kappa shape index (κ1) is 10.7. The molecule has 1 aromatic carbocycles. The van der Waals surface area contributed by atoms with Crippen LogP contribution in [-0.4, -0.2) is 24.9 Å². The molecule has 0 spiro atoms. The van der Waals surface area contributed by atoms with Crippen molar-refractivity contribution in [2.45, 2.75) is 0 Å². The minimum atomic E-state index is 0.0983. The van der Waals surface area contributed by atoms with E-state index in [9.17, 15) is 0 Å². The molecule has 1 aromatic rings. The highest BCUT2D eigenvalue weighted by Crippen LogP contribution is 2.11. The molecule has 0 aliphatic carbocycles. The van der Waals surface area contributed by atoms with E-state index in [1.54, 1.807) is 38.4 Å². The number of nitrogens with one attached hydrogen (secondary N) is 1. The van der Waals surface area contributed by atoms with E-state index in [0.29, 0.717) is 10.6 Å². The SMILES string of the molecule is CN(C)N=NC(=N)c1cccc(Cl)c1. The molecule has 0 aliphatic heterocycles. The predicted octanol–water partition coefficient (Wildman–Crippen LogP) is 2.59. The van der Waals surface area contributed by atoms with Crippen LogP contribution in [0.15, 0.2) is 34.6 Å². The molecule has 5 heteroatoms. The van der Waals surface area contributed by atoms with Crippen molar-refractivity contribution in [1.82, 2.24) is 5.01 Å². The summed E-state index contributed by atoms with van der Waals surface area (Å²) in [5.74, 6) is 0.0983. The highest BCUT2D eigenvalue weighted by atomic mass is 35.5. The zero-order valence-corrected chi connectivity index (χ0v) is 8.78. The largest absolute Gasteiger partial charge is 0.285 e. The van der Waals surface area contributed by atoms with Gasteiger partial charge < -0.3 is 0 Å². The van der Waals surface area contributed by atoms with Gasteiger partial charge in [0, 0.05) is 24.7 Å². The fourth-order valence-electron chi connectivity index (χ4n) is 0.828. The standard InChI is InChI=1S/C9H11ClN4/c1-14(2)13-12-9(11)7-4-3-5-8(10)6-7/h3-6,11H,1-2H3. The van der Waals surface area contributed by atoms with Gasteiger partial charge in [0.2, 0.25) is 0 Å². The molecule has 0 fully saturated rings. The van der Waals surface area contributed by atoms with Gasteiger partial charge in [-0.3, -0.25) is 10.4 Å². The molecule has 4 nitrogen and oxygen atoms in total. The molecule has 1 N–H and O–H groups in total. The fraction of sp³-hybridized carbons (Fsp3) is 0.222. The first-order valence-corrected chi connectivity index (χ1v) is 4.41. The molecule has 74 valence electrons. The Morgan fingerprint density at radius 1 is 1.43 bits per heavy atom. The summed E-state index contributed by atoms with van der Waals surface area (Å²) in [7, 11) is 3.49. The Hall–Kier alpha value is -1.42. The Morgan fingerprint density at radius 2 is 2.14 bits per heavy atom. The quantitative estimate of drug-likeness (QED) is 0.347. The van der Waals surface area contributed by atoms with Gasteiger partial charge >= 0.3 is 0 Å². The second kappa shape index (κ2) is 4.72. The molecule has 0 saturated heterocycles. The molecule has 0 aromatic heterocycles. The van der Waals surface area contributed by atoms with Crippen LogP contribution in [0.5, 0.6) is 0 Å². The van der Waals surface area contributed by atoms with E-state index in [4.69, 9.17) is 17.0 Å². The van der Waals surface area contributed by atoms with Crippen LogP contribution in [-0.2, 0) is 0 Å². The maximum atomic E-state index is 7.57. The minimum absolute atomic E-state index is 0.0983. The van der Waals surface area contributed by atoms with Crippen LogP contribution in [0, 0.1) is 5.41 Å². The number of hydrogen-bond donors (Lipinski definition) is 1. The summed E-state index contributed by atoms with van der Waals surface area (Å²) in [6.45, 7) is 0. The second-order valence-electron chi connectivity index (χ2n) is 2.90. The summed E-state index contributed by atoms with van der Waals surface area (Å²) >= 11 is 5.77. The van der Waals surface area contributed by atoms with Gasteiger partial charge in [-0.2, -0.15) is 0 Å². The molecule has 0 aliphatic rings. The Morgan fingerprint density at radius 3 is 2.71 bits per heavy atom. The third kappa shape index (κ3) is 3.14. The molecular formula is C9H11ClN4. The van der Waals surface area contributed by atoms with Crippen molar-refractivity contribution in [1.29, 1.82) is 5.41 Å². The van der Waals surface area contributed by atoms with Gasteiger partial charge in [-0.05, 0) is 12.1 Å². The Bertz CT molecular complexity index is 360. The van der Waals surface area contributed by atoms with Crippen LogP contribution in [0.4, 0.5) is 0 Å². The van der Waals surface area contributed by atoms with Crippen molar-refractivity contribution < 1.29 is 0 Å². The number of nitrogens with zero attached hydrogens (tertiary/aromatic N) is 3. The zero-order chi connectivity index (χ0) is 10.6. The molecular weight excluding hydrogens is 200 g/mol. The Labute approximate surface area is 87.7 Å². The van der Waals surface area contributed by atoms with E-state index in [-0.39, 0.29) is 5.84 Å². The summed E-state index contributed by atoms with van der Waals surface area (Å²) in [6.07, 6.45) is 0. The van der Waals surface area contributed by atoms with Crippen molar-refractivity contribution in [3.05, 3.63) is 34.9 Å². The summed E-state index contributed by atoms with van der Waals surface area (Å²) in [5, 5.41) is 17.1. The fourth-order valence-corrected chi connectivity index (χ4v) is 1.02. The first-order chi connectivity index (χ1) is 6.59. The van der Waals surface area contributed by atoms with Gasteiger partial charge in [0.25, 0.3) is 0 Å². The van der Waals surface area contributed by atoms with E-state index in [2.05, 4.69) is 10.3 Å². The van der Waals surface area contributed by atoms with Crippen LogP contribution in [0.3, 0.4) is 0 Å². The lowest BCUT2D eigenvalue weighted by atomic mass is 10.2. The molecule has 14 heavy (non-hydrogen) atoms. The molecule has 0 amide bonds. The number of benzene rings is 1. The van der Waals surface area contributed by atoms with Gasteiger partial charge in [-0.25, -0.2) is 0 Å². The smallest absolute Gasteiger partial charge is 0.176 e. The van der Waals surface area contributed by atoms with Crippen molar-refractivity contribution in [2.24, 2.45) is 10.3 Å². The number of amidine groups is 1. The van der Waals surface area contributed by atoms with E-state index < -0.39 is 0 Å². The van der Waals surface area contributed by atoms with Crippen molar-refractivity contribution in [3.63, 3.8) is 0 Å². The van der Waals surface area contributed by atoms with E-state index in [0.717, 1.165) is 0 Å². The van der Waals surface area contributed by atoms with Crippen LogP contribution in [0.25, 0.3) is 0 Å². The first-order valence-electron chi connectivity index (χ1n) is 4.03. The van der Waals surface area contributed by atoms with E-state index >= 15 is 0 Å². The number of hydrogen-bond acceptors (Lipinski definition) is 2. The van der Waals surface area contributed by atoms with Gasteiger partial charge in [0.1, 0.15) is 0 Å². The average Bonchev–Trinajstić information content (AvgIpc) is 2.14. The van der Waals surface area contributed by atoms with Gasteiger partial charge in [0.15, 0.2) is 5.84 Å². The molecule has 1 rings (SSSR count). The summed E-state index contributed by atoms with van der Waals surface area (Å²) in [4.78, 5) is 0. The Kier molecular flexibility index (Phi) is 3.59. The highest BCUT2D eigenvalue weighted by molar-refractivity contribution is 6.31. The topological polar surface area (TPSA) is 51.8 Å². The van der Waals surface area contributed by atoms with Crippen molar-refractivity contribution >= 4 is 17.4 Å². The predicted molar refractivity (Wildman–Crippen MR) is 56.8 cm³/mol. The highest BCUT2D eigenvalue weighted by Gasteiger charge is 1.99. The van der Waals surface area contributed by atoms with Crippen LogP contribution >= 0.6 is 11.6 Å². The molecule has 0 atom stereocenters. The van der Waals surface area contributed by atoms with Gasteiger partial charge in [-0.15, -0.1) is 5.11 Å². The van der Waals surface area contributed by atoms with Crippen LogP contribution < -0.4 is 0 Å². The van der Waals surface area contributed by atoms with Gasteiger partial charge in [0.05, 0.1) is 0 Å². The zero-order valence-electron chi connectivity index (χ0n) is 8.03. The lowest BCUT2D eigenvalue weighted by Gasteiger charge is -2.01. The van der Waals surface area contributed by atoms with E-state index in [1.807, 2.05) is 0 Å². The summed E-state index contributed by atoms with van der Waals surface area (Å²) in [5.41, 5.74) is 0.656. The molecule has 0 saturated carbocycles. The lowest BCUT2D eigenvalue weighted by molar-refractivity contribution is 0.410. The summed E-state index contributed by atoms with van der Waals surface area (Å²) < 4.78 is 0. The Balaban J connectivity index is 2.80. The average molecular weight is 211 g/mol. The van der Waals surface area contributed by atoms with Gasteiger partial charge in [-0.1, -0.05) is 29.0 Å². The lowest BCUT2D eigenvalue weighted by Crippen LogP contribution is -2.02. The molecule has 0 heterocycles. The second-order valence-corrected chi connectivity index (χ2v) is 3.33. The maximum absolute atomic E-state index is 7.57. The number of rotatable bonds is 2. The van der Waals surface area contributed by atoms with Crippen molar-refractivity contribution in [3.8, 4) is 0 Å². The van der Waals surface area contributed by atoms with Crippen LogP contribution in [0.1, 0.15) is 5.56 Å². The minimum Gasteiger partial charge on any atom is -0.285 e. The normalized spacial score (nSPS) is 10.5. The van der Waals surface area contributed by atoms with E-state index in [1.165, 1.54) is 5.01 Å². The van der Waals surface area contributed by atoms with Crippen LogP contribution in [0.2, 0.25) is 5.02 Å². The number of halogens is 1. The third-order valence-electron chi connectivity index (χ3n) is 1.42. The molecule has 0 radical (unpaired) electrons.